The van der Waals surface area contributed by atoms with Gasteiger partial charge in [-0.05, 0) is 36.8 Å². The number of nitrogens with zero attached hydrogens (tertiary/aromatic N) is 2. The molecule has 1 heterocycles. The first-order valence-corrected chi connectivity index (χ1v) is 8.21. The molecule has 0 spiro atoms. The molecule has 0 bridgehead atoms. The van der Waals surface area contributed by atoms with Crippen molar-refractivity contribution in [2.75, 3.05) is 10.6 Å². The van der Waals surface area contributed by atoms with Crippen LogP contribution in [0, 0.1) is 0 Å². The Bertz CT molecular complexity index is 870. The summed E-state index contributed by atoms with van der Waals surface area (Å²) in [7, 11) is 0. The second-order valence-corrected chi connectivity index (χ2v) is 5.94. The Kier molecular flexibility index (Phi) is 5.26. The number of amides is 1. The van der Waals surface area contributed by atoms with Crippen molar-refractivity contribution < 1.29 is 4.79 Å². The second kappa shape index (κ2) is 7.77. The van der Waals surface area contributed by atoms with Gasteiger partial charge < -0.3 is 10.6 Å². The van der Waals surface area contributed by atoms with Crippen LogP contribution in [-0.4, -0.2) is 15.9 Å². The van der Waals surface area contributed by atoms with Gasteiger partial charge in [0, 0.05) is 16.9 Å². The first kappa shape index (κ1) is 16.9. The molecule has 0 radical (unpaired) electrons. The topological polar surface area (TPSA) is 66.9 Å². The van der Waals surface area contributed by atoms with E-state index in [-0.39, 0.29) is 17.6 Å². The van der Waals surface area contributed by atoms with Crippen molar-refractivity contribution in [3.63, 3.8) is 0 Å². The van der Waals surface area contributed by atoms with Gasteiger partial charge in [0.1, 0.15) is 5.69 Å². The van der Waals surface area contributed by atoms with Crippen molar-refractivity contribution in [1.29, 1.82) is 0 Å². The van der Waals surface area contributed by atoms with E-state index in [1.807, 2.05) is 37.3 Å². The van der Waals surface area contributed by atoms with Crippen LogP contribution in [0.25, 0.3) is 0 Å². The van der Waals surface area contributed by atoms with Crippen molar-refractivity contribution in [3.05, 3.63) is 83.1 Å². The number of carbonyl (C=O) groups is 1. The zero-order valence-electron chi connectivity index (χ0n) is 13.6. The number of carbonyl (C=O) groups excluding carboxylic acids is 1. The van der Waals surface area contributed by atoms with Gasteiger partial charge in [-0.2, -0.15) is 0 Å². The van der Waals surface area contributed by atoms with E-state index in [9.17, 15) is 4.79 Å². The number of rotatable bonds is 5. The van der Waals surface area contributed by atoms with Crippen LogP contribution in [0.5, 0.6) is 0 Å². The summed E-state index contributed by atoms with van der Waals surface area (Å²) < 4.78 is 0. The third-order valence-corrected chi connectivity index (χ3v) is 3.85. The van der Waals surface area contributed by atoms with Crippen molar-refractivity contribution in [1.82, 2.24) is 9.97 Å². The number of nitrogens with one attached hydrogen (secondary N) is 2. The van der Waals surface area contributed by atoms with Gasteiger partial charge in [0.25, 0.3) is 5.91 Å². The molecule has 5 nitrogen and oxygen atoms in total. The quantitative estimate of drug-likeness (QED) is 0.706. The van der Waals surface area contributed by atoms with Gasteiger partial charge in [-0.3, -0.25) is 4.79 Å². The van der Waals surface area contributed by atoms with E-state index in [0.29, 0.717) is 16.7 Å². The largest absolute Gasteiger partial charge is 0.348 e. The summed E-state index contributed by atoms with van der Waals surface area (Å²) in [5.74, 6) is 0.0789. The van der Waals surface area contributed by atoms with Crippen molar-refractivity contribution in [3.8, 4) is 0 Å². The van der Waals surface area contributed by atoms with Crippen LogP contribution in [0.2, 0.25) is 5.02 Å². The van der Waals surface area contributed by atoms with Gasteiger partial charge in [0.2, 0.25) is 5.95 Å². The van der Waals surface area contributed by atoms with Crippen LogP contribution >= 0.6 is 11.6 Å². The fourth-order valence-corrected chi connectivity index (χ4v) is 2.53. The van der Waals surface area contributed by atoms with Crippen LogP contribution < -0.4 is 10.6 Å². The summed E-state index contributed by atoms with van der Waals surface area (Å²) in [6.07, 6.45) is 1.56. The number of benzene rings is 2. The van der Waals surface area contributed by atoms with Gasteiger partial charge in [-0.15, -0.1) is 0 Å². The highest BCUT2D eigenvalue weighted by Crippen LogP contribution is 2.18. The molecule has 3 rings (SSSR count). The molecule has 0 fully saturated rings. The normalized spacial score (nSPS) is 11.6. The lowest BCUT2D eigenvalue weighted by atomic mass is 10.1. The molecule has 1 aromatic heterocycles. The maximum Gasteiger partial charge on any atom is 0.274 e. The zero-order valence-corrected chi connectivity index (χ0v) is 14.4. The van der Waals surface area contributed by atoms with Gasteiger partial charge in [-0.25, -0.2) is 9.97 Å². The maximum absolute atomic E-state index is 12.4. The predicted octanol–water partition coefficient (Wildman–Crippen LogP) is 4.56. The molecule has 25 heavy (non-hydrogen) atoms. The van der Waals surface area contributed by atoms with E-state index in [4.69, 9.17) is 11.6 Å². The van der Waals surface area contributed by atoms with E-state index >= 15 is 0 Å². The second-order valence-electron chi connectivity index (χ2n) is 5.51. The number of hydrogen-bond acceptors (Lipinski definition) is 4. The summed E-state index contributed by atoms with van der Waals surface area (Å²) in [6.45, 7) is 2.01. The molecule has 0 aliphatic rings. The minimum absolute atomic E-state index is 0.0208. The van der Waals surface area contributed by atoms with Gasteiger partial charge in [0.05, 0.1) is 6.04 Å². The highest BCUT2D eigenvalue weighted by Gasteiger charge is 2.11. The van der Waals surface area contributed by atoms with E-state index in [1.165, 1.54) is 0 Å². The molecule has 126 valence electrons. The van der Waals surface area contributed by atoms with Crippen LogP contribution in [0.4, 0.5) is 11.6 Å². The monoisotopic (exact) mass is 352 g/mol. The smallest absolute Gasteiger partial charge is 0.274 e. The molecule has 6 heteroatoms. The molecule has 1 amide bonds. The Hall–Kier alpha value is -2.92. The Labute approximate surface area is 151 Å². The summed E-state index contributed by atoms with van der Waals surface area (Å²) >= 11 is 5.93. The molecule has 0 saturated carbocycles. The molecular weight excluding hydrogens is 336 g/mol. The average Bonchev–Trinajstić information content (AvgIpc) is 2.62. The average molecular weight is 353 g/mol. The molecule has 2 aromatic carbocycles. The van der Waals surface area contributed by atoms with Gasteiger partial charge in [-0.1, -0.05) is 48.0 Å². The molecule has 3 aromatic rings. The SMILES string of the molecule is CC(Nc1nccc(C(=O)Nc2cccc(Cl)c2)n1)c1ccccc1. The fourth-order valence-electron chi connectivity index (χ4n) is 2.33. The van der Waals surface area contributed by atoms with Crippen LogP contribution in [0.1, 0.15) is 29.0 Å². The van der Waals surface area contributed by atoms with E-state index in [0.717, 1.165) is 5.56 Å². The van der Waals surface area contributed by atoms with E-state index < -0.39 is 0 Å². The summed E-state index contributed by atoms with van der Waals surface area (Å²) in [4.78, 5) is 20.8. The minimum Gasteiger partial charge on any atom is -0.348 e. The number of hydrogen-bond donors (Lipinski definition) is 2. The number of anilines is 2. The third-order valence-electron chi connectivity index (χ3n) is 3.62. The Morgan fingerprint density at radius 3 is 2.64 bits per heavy atom. The molecule has 1 atom stereocenters. The molecule has 2 N–H and O–H groups in total. The number of aromatic nitrogens is 2. The lowest BCUT2D eigenvalue weighted by Crippen LogP contribution is -2.16. The first-order valence-electron chi connectivity index (χ1n) is 7.83. The van der Waals surface area contributed by atoms with E-state index in [1.54, 1.807) is 36.5 Å². The lowest BCUT2D eigenvalue weighted by Gasteiger charge is -2.14. The summed E-state index contributed by atoms with van der Waals surface area (Å²) in [5, 5.41) is 6.53. The number of halogens is 1. The lowest BCUT2D eigenvalue weighted by molar-refractivity contribution is 0.102. The summed E-state index contributed by atoms with van der Waals surface area (Å²) in [6, 6.07) is 18.5. The first-order chi connectivity index (χ1) is 12.1. The van der Waals surface area contributed by atoms with Crippen molar-refractivity contribution in [2.24, 2.45) is 0 Å². The highest BCUT2D eigenvalue weighted by molar-refractivity contribution is 6.30. The third kappa shape index (κ3) is 4.55. The standard InChI is InChI=1S/C19H17ClN4O/c1-13(14-6-3-2-4-7-14)22-19-21-11-10-17(24-19)18(25)23-16-9-5-8-15(20)12-16/h2-13H,1H3,(H,23,25)(H,21,22,24). The Morgan fingerprint density at radius 2 is 1.88 bits per heavy atom. The predicted molar refractivity (Wildman–Crippen MR) is 99.9 cm³/mol. The molecule has 0 aliphatic heterocycles. The molecule has 0 aliphatic carbocycles. The van der Waals surface area contributed by atoms with Crippen LogP contribution in [-0.2, 0) is 0 Å². The van der Waals surface area contributed by atoms with Gasteiger partial charge >= 0.3 is 0 Å². The fraction of sp³-hybridized carbons (Fsp3) is 0.105. The molecule has 1 unspecified atom stereocenters. The zero-order chi connectivity index (χ0) is 17.6. The Balaban J connectivity index is 1.71. The molecular formula is C19H17ClN4O. The highest BCUT2D eigenvalue weighted by atomic mass is 35.5. The minimum atomic E-state index is -0.319. The van der Waals surface area contributed by atoms with E-state index in [2.05, 4.69) is 20.6 Å². The summed E-state index contributed by atoms with van der Waals surface area (Å²) in [5.41, 5.74) is 2.00. The van der Waals surface area contributed by atoms with Gasteiger partial charge in [0.15, 0.2) is 0 Å². The van der Waals surface area contributed by atoms with Crippen LogP contribution in [0.3, 0.4) is 0 Å². The molecule has 0 saturated heterocycles. The van der Waals surface area contributed by atoms with Crippen molar-refractivity contribution >= 4 is 29.1 Å². The van der Waals surface area contributed by atoms with Crippen LogP contribution in [0.15, 0.2) is 66.9 Å². The van der Waals surface area contributed by atoms with Crippen molar-refractivity contribution in [2.45, 2.75) is 13.0 Å². The maximum atomic E-state index is 12.4. The Morgan fingerprint density at radius 1 is 1.08 bits per heavy atom.